The maximum absolute atomic E-state index is 10.1. The molecule has 7 unspecified atom stereocenters. The molecule has 1 heterocycles. The molecule has 1 aliphatic rings. The van der Waals surface area contributed by atoms with Gasteiger partial charge >= 0.3 is 0 Å². The molecular formula is C28H56O5. The summed E-state index contributed by atoms with van der Waals surface area (Å²) in [6.45, 7) is 14.3. The van der Waals surface area contributed by atoms with Crippen molar-refractivity contribution in [2.24, 2.45) is 29.6 Å². The molecule has 1 saturated heterocycles. The summed E-state index contributed by atoms with van der Waals surface area (Å²) in [6, 6.07) is 0. The van der Waals surface area contributed by atoms with Gasteiger partial charge in [-0.1, -0.05) is 106 Å². The van der Waals surface area contributed by atoms with Crippen LogP contribution in [-0.2, 0) is 4.74 Å². The predicted molar refractivity (Wildman–Crippen MR) is 136 cm³/mol. The highest BCUT2D eigenvalue weighted by Crippen LogP contribution is 2.41. The van der Waals surface area contributed by atoms with Gasteiger partial charge < -0.3 is 25.2 Å². The normalized spacial score (nSPS) is 23.7. The first-order valence-electron chi connectivity index (χ1n) is 13.8. The summed E-state index contributed by atoms with van der Waals surface area (Å²) in [6.07, 6.45) is 15.0. The highest BCUT2D eigenvalue weighted by molar-refractivity contribution is 4.98. The van der Waals surface area contributed by atoms with Gasteiger partial charge in [-0.2, -0.15) is 0 Å². The zero-order chi connectivity index (χ0) is 25.2. The van der Waals surface area contributed by atoms with E-state index >= 15 is 0 Å². The number of ether oxygens (including phenoxy) is 1. The van der Waals surface area contributed by atoms with E-state index in [2.05, 4.69) is 34.6 Å². The zero-order valence-corrected chi connectivity index (χ0v) is 22.7. The molecule has 0 bridgehead atoms. The van der Waals surface area contributed by atoms with Gasteiger partial charge in [-0.25, -0.2) is 0 Å². The summed E-state index contributed by atoms with van der Waals surface area (Å²) >= 11 is 0. The molecule has 0 amide bonds. The van der Waals surface area contributed by atoms with Gasteiger partial charge in [0.1, 0.15) is 0 Å². The Kier molecular flexibility index (Phi) is 13.4. The van der Waals surface area contributed by atoms with Crippen LogP contribution in [0.2, 0.25) is 0 Å². The average molecular weight is 473 g/mol. The van der Waals surface area contributed by atoms with E-state index in [0.717, 1.165) is 37.5 Å². The first-order valence-corrected chi connectivity index (χ1v) is 13.8. The highest BCUT2D eigenvalue weighted by Gasteiger charge is 2.57. The molecule has 0 aromatic rings. The van der Waals surface area contributed by atoms with Crippen LogP contribution in [0.15, 0.2) is 0 Å². The van der Waals surface area contributed by atoms with Crippen molar-refractivity contribution >= 4 is 0 Å². The minimum absolute atomic E-state index is 0.0298. The molecule has 5 heteroatoms. The third-order valence-corrected chi connectivity index (χ3v) is 7.97. The third-order valence-electron chi connectivity index (χ3n) is 7.97. The monoisotopic (exact) mass is 472 g/mol. The van der Waals surface area contributed by atoms with Crippen molar-refractivity contribution in [3.63, 3.8) is 0 Å². The van der Waals surface area contributed by atoms with E-state index in [-0.39, 0.29) is 12.2 Å². The summed E-state index contributed by atoms with van der Waals surface area (Å²) in [5.74, 6) is -2.98. The Morgan fingerprint density at radius 1 is 0.697 bits per heavy atom. The van der Waals surface area contributed by atoms with E-state index in [1.807, 2.05) is 0 Å². The van der Waals surface area contributed by atoms with Crippen LogP contribution < -0.4 is 0 Å². The van der Waals surface area contributed by atoms with Gasteiger partial charge in [0.15, 0.2) is 0 Å². The molecule has 7 atom stereocenters. The lowest BCUT2D eigenvalue weighted by Gasteiger charge is -2.36. The summed E-state index contributed by atoms with van der Waals surface area (Å²) < 4.78 is 5.65. The highest BCUT2D eigenvalue weighted by atomic mass is 16.6. The Bertz CT molecular complexity index is 515. The van der Waals surface area contributed by atoms with E-state index in [1.165, 1.54) is 64.2 Å². The summed E-state index contributed by atoms with van der Waals surface area (Å²) in [5, 5.41) is 39.3. The Labute approximate surface area is 204 Å². The van der Waals surface area contributed by atoms with Crippen molar-refractivity contribution in [3.8, 4) is 0 Å². The van der Waals surface area contributed by atoms with Crippen molar-refractivity contribution in [3.05, 3.63) is 0 Å². The molecule has 0 spiro atoms. The van der Waals surface area contributed by atoms with Crippen LogP contribution in [0.3, 0.4) is 0 Å². The number of rotatable bonds is 19. The molecule has 0 aliphatic carbocycles. The van der Waals surface area contributed by atoms with Crippen molar-refractivity contribution in [2.75, 3.05) is 0 Å². The van der Waals surface area contributed by atoms with Gasteiger partial charge in [-0.3, -0.25) is 0 Å². The van der Waals surface area contributed by atoms with Gasteiger partial charge in [-0.15, -0.1) is 0 Å². The van der Waals surface area contributed by atoms with Crippen LogP contribution in [0.4, 0.5) is 0 Å². The van der Waals surface area contributed by atoms with Crippen LogP contribution in [-0.4, -0.2) is 44.2 Å². The molecule has 1 rings (SSSR count). The quantitative estimate of drug-likeness (QED) is 0.105. The first kappa shape index (κ1) is 30.8. The van der Waals surface area contributed by atoms with Crippen molar-refractivity contribution in [1.82, 2.24) is 0 Å². The summed E-state index contributed by atoms with van der Waals surface area (Å²) in [4.78, 5) is 0. The second-order valence-electron chi connectivity index (χ2n) is 11.9. The predicted octanol–water partition coefficient (Wildman–Crippen LogP) is 6.02. The molecule has 33 heavy (non-hydrogen) atoms. The minimum Gasteiger partial charge on any atom is -0.369 e. The lowest BCUT2D eigenvalue weighted by molar-refractivity contribution is -0.368. The van der Waals surface area contributed by atoms with Crippen molar-refractivity contribution in [2.45, 2.75) is 149 Å². The lowest BCUT2D eigenvalue weighted by Crippen LogP contribution is -2.58. The van der Waals surface area contributed by atoms with E-state index < -0.39 is 17.5 Å². The molecule has 0 aromatic carbocycles. The Morgan fingerprint density at radius 2 is 1.18 bits per heavy atom. The van der Waals surface area contributed by atoms with E-state index in [1.54, 1.807) is 6.92 Å². The van der Waals surface area contributed by atoms with Crippen LogP contribution in [0.25, 0.3) is 0 Å². The molecule has 5 nitrogen and oxygen atoms in total. The average Bonchev–Trinajstić information content (AvgIpc) is 3.45. The number of hydrogen-bond donors (Lipinski definition) is 4. The summed E-state index contributed by atoms with van der Waals surface area (Å²) in [7, 11) is 0. The molecule has 198 valence electrons. The van der Waals surface area contributed by atoms with E-state index in [0.29, 0.717) is 5.92 Å². The fourth-order valence-corrected chi connectivity index (χ4v) is 5.40. The number of unbranched alkanes of at least 4 members (excludes halogenated alkanes) is 2. The zero-order valence-electron chi connectivity index (χ0n) is 22.7. The minimum atomic E-state index is -2.59. The topological polar surface area (TPSA) is 93.5 Å². The fraction of sp³-hybridized carbons (Fsp3) is 1.00. The fourth-order valence-electron chi connectivity index (χ4n) is 5.40. The molecule has 0 aromatic heterocycles. The molecule has 0 radical (unpaired) electrons. The summed E-state index contributed by atoms with van der Waals surface area (Å²) in [5.41, 5.74) is 0. The van der Waals surface area contributed by atoms with Gasteiger partial charge in [0.05, 0.1) is 12.2 Å². The SMILES string of the molecule is CCCCCC(C)CCCC(C)CC(C)CCCC(C)CC1OC1C(C)C(O)(O)C(C)(O)O. The molecule has 0 saturated carbocycles. The lowest BCUT2D eigenvalue weighted by atomic mass is 9.86. The maximum atomic E-state index is 10.1. The molecule has 1 aliphatic heterocycles. The van der Waals surface area contributed by atoms with Crippen molar-refractivity contribution < 1.29 is 25.2 Å². The van der Waals surface area contributed by atoms with Crippen molar-refractivity contribution in [1.29, 1.82) is 0 Å². The van der Waals surface area contributed by atoms with E-state index in [9.17, 15) is 20.4 Å². The van der Waals surface area contributed by atoms with Crippen LogP contribution in [0.1, 0.15) is 126 Å². The standard InChI is InChI=1S/C28H56O5/c1-8-9-10-13-20(2)14-11-15-21(3)18-22(4)16-12-17-23(5)19-25-26(33-25)24(6)28(31,32)27(7,29)30/h20-26,29-32H,8-19H2,1-7H3. The second kappa shape index (κ2) is 14.4. The van der Waals surface area contributed by atoms with Gasteiger partial charge in [-0.05, 0) is 43.4 Å². The first-order chi connectivity index (χ1) is 15.3. The van der Waals surface area contributed by atoms with Gasteiger partial charge in [0.25, 0.3) is 0 Å². The molecule has 4 N–H and O–H groups in total. The number of epoxide rings is 1. The Balaban J connectivity index is 2.15. The smallest absolute Gasteiger partial charge is 0.223 e. The number of hydrogen-bond acceptors (Lipinski definition) is 5. The number of aliphatic hydroxyl groups is 4. The third kappa shape index (κ3) is 11.4. The largest absolute Gasteiger partial charge is 0.369 e. The Hall–Kier alpha value is -0.200. The van der Waals surface area contributed by atoms with Crippen LogP contribution in [0, 0.1) is 29.6 Å². The maximum Gasteiger partial charge on any atom is 0.223 e. The molecule has 1 fully saturated rings. The van der Waals surface area contributed by atoms with Gasteiger partial charge in [0.2, 0.25) is 11.6 Å². The van der Waals surface area contributed by atoms with Crippen LogP contribution in [0.5, 0.6) is 0 Å². The second-order valence-corrected chi connectivity index (χ2v) is 11.9. The Morgan fingerprint density at radius 3 is 1.70 bits per heavy atom. The molecular weight excluding hydrogens is 416 g/mol. The van der Waals surface area contributed by atoms with Gasteiger partial charge in [0, 0.05) is 5.92 Å². The van der Waals surface area contributed by atoms with E-state index in [4.69, 9.17) is 4.74 Å². The van der Waals surface area contributed by atoms with Crippen LogP contribution >= 0.6 is 0 Å².